The van der Waals surface area contributed by atoms with Gasteiger partial charge in [0.15, 0.2) is 0 Å². The molecule has 0 spiro atoms. The summed E-state index contributed by atoms with van der Waals surface area (Å²) in [5.74, 6) is 0. The number of likely N-dealkylation sites (tertiary alicyclic amines) is 1. The summed E-state index contributed by atoms with van der Waals surface area (Å²) in [4.78, 5) is 2.41. The van der Waals surface area contributed by atoms with Gasteiger partial charge in [-0.15, -0.1) is 0 Å². The Balaban J connectivity index is 1.90. The summed E-state index contributed by atoms with van der Waals surface area (Å²) in [6, 6.07) is 5.24. The number of nitrogens with zero attached hydrogens (tertiary/aromatic N) is 1. The predicted octanol–water partition coefficient (Wildman–Crippen LogP) is 3.25. The normalized spacial score (nSPS) is 18.2. The lowest BCUT2D eigenvalue weighted by molar-refractivity contribution is 0.234. The molecule has 0 bridgehead atoms. The predicted molar refractivity (Wildman–Crippen MR) is 81.0 cm³/mol. The average Bonchev–Trinajstić information content (AvgIpc) is 2.35. The highest BCUT2D eigenvalue weighted by atomic mass is 79.9. The van der Waals surface area contributed by atoms with Gasteiger partial charge in [-0.1, -0.05) is 28.1 Å². The van der Waals surface area contributed by atoms with Crippen LogP contribution in [-0.4, -0.2) is 31.1 Å². The summed E-state index contributed by atoms with van der Waals surface area (Å²) in [5.41, 5.74) is 4.05. The first kappa shape index (κ1) is 14.0. The van der Waals surface area contributed by atoms with Crippen molar-refractivity contribution in [2.45, 2.75) is 39.3 Å². The SMILES string of the molecule is Cc1cc(CNC2CCN(C)CC2)cc(C)c1Br. The van der Waals surface area contributed by atoms with Gasteiger partial charge in [0.05, 0.1) is 0 Å². The van der Waals surface area contributed by atoms with Gasteiger partial charge in [-0.3, -0.25) is 0 Å². The fraction of sp³-hybridized carbons (Fsp3) is 0.600. The Kier molecular flexibility index (Phi) is 4.82. The lowest BCUT2D eigenvalue weighted by Crippen LogP contribution is -2.40. The van der Waals surface area contributed by atoms with E-state index in [0.29, 0.717) is 6.04 Å². The maximum Gasteiger partial charge on any atom is 0.0233 e. The van der Waals surface area contributed by atoms with Crippen LogP contribution in [0.3, 0.4) is 0 Å². The van der Waals surface area contributed by atoms with Crippen LogP contribution >= 0.6 is 15.9 Å². The van der Waals surface area contributed by atoms with Crippen LogP contribution in [0.4, 0.5) is 0 Å². The second-order valence-corrected chi connectivity index (χ2v) is 6.30. The summed E-state index contributed by atoms with van der Waals surface area (Å²) >= 11 is 3.62. The second-order valence-electron chi connectivity index (χ2n) is 5.50. The molecule has 0 atom stereocenters. The van der Waals surface area contributed by atoms with Crippen molar-refractivity contribution in [1.29, 1.82) is 0 Å². The van der Waals surface area contributed by atoms with Gasteiger partial charge >= 0.3 is 0 Å². The zero-order chi connectivity index (χ0) is 13.1. The summed E-state index contributed by atoms with van der Waals surface area (Å²) < 4.78 is 1.24. The van der Waals surface area contributed by atoms with Crippen molar-refractivity contribution in [3.05, 3.63) is 33.3 Å². The molecule has 1 heterocycles. The van der Waals surface area contributed by atoms with Gasteiger partial charge in [0.25, 0.3) is 0 Å². The number of benzene rings is 1. The van der Waals surface area contributed by atoms with Crippen molar-refractivity contribution >= 4 is 15.9 Å². The van der Waals surface area contributed by atoms with Crippen molar-refractivity contribution in [3.63, 3.8) is 0 Å². The third-order valence-electron chi connectivity index (χ3n) is 3.81. The number of nitrogens with one attached hydrogen (secondary N) is 1. The van der Waals surface area contributed by atoms with Gasteiger partial charge in [-0.05, 0) is 63.5 Å². The lowest BCUT2D eigenvalue weighted by atomic mass is 10.0. The number of piperidine rings is 1. The van der Waals surface area contributed by atoms with E-state index in [1.54, 1.807) is 0 Å². The van der Waals surface area contributed by atoms with Crippen LogP contribution in [0.1, 0.15) is 29.5 Å². The van der Waals surface area contributed by atoms with E-state index in [-0.39, 0.29) is 0 Å². The first-order valence-corrected chi connectivity index (χ1v) is 7.53. The quantitative estimate of drug-likeness (QED) is 0.922. The topological polar surface area (TPSA) is 15.3 Å². The summed E-state index contributed by atoms with van der Waals surface area (Å²) in [5, 5.41) is 3.69. The zero-order valence-electron chi connectivity index (χ0n) is 11.6. The molecular weight excluding hydrogens is 288 g/mol. The molecule has 2 rings (SSSR count). The molecule has 1 saturated heterocycles. The van der Waals surface area contributed by atoms with E-state index >= 15 is 0 Å². The Morgan fingerprint density at radius 3 is 2.33 bits per heavy atom. The van der Waals surface area contributed by atoms with Crippen molar-refractivity contribution < 1.29 is 0 Å². The Bertz CT molecular complexity index is 386. The molecule has 1 aliphatic rings. The Labute approximate surface area is 119 Å². The molecule has 0 saturated carbocycles. The number of rotatable bonds is 3. The molecule has 1 fully saturated rings. The summed E-state index contributed by atoms with van der Waals surface area (Å²) in [7, 11) is 2.21. The van der Waals surface area contributed by atoms with Crippen molar-refractivity contribution in [2.24, 2.45) is 0 Å². The summed E-state index contributed by atoms with van der Waals surface area (Å²) in [6.07, 6.45) is 2.54. The molecule has 2 nitrogen and oxygen atoms in total. The first-order chi connectivity index (χ1) is 8.56. The van der Waals surface area contributed by atoms with Gasteiger partial charge < -0.3 is 10.2 Å². The average molecular weight is 311 g/mol. The summed E-state index contributed by atoms with van der Waals surface area (Å²) in [6.45, 7) is 7.75. The minimum absolute atomic E-state index is 0.686. The lowest BCUT2D eigenvalue weighted by Gasteiger charge is -2.29. The number of aryl methyl sites for hydroxylation is 2. The van der Waals surface area contributed by atoms with Gasteiger partial charge in [0.1, 0.15) is 0 Å². The van der Waals surface area contributed by atoms with Crippen molar-refractivity contribution in [1.82, 2.24) is 10.2 Å². The molecule has 0 radical (unpaired) electrons. The van der Waals surface area contributed by atoms with Crippen molar-refractivity contribution in [3.8, 4) is 0 Å². The van der Waals surface area contributed by atoms with Gasteiger partial charge in [-0.2, -0.15) is 0 Å². The van der Waals surface area contributed by atoms with E-state index in [2.05, 4.69) is 59.2 Å². The van der Waals surface area contributed by atoms with Crippen LogP contribution in [0.2, 0.25) is 0 Å². The molecular formula is C15H23BrN2. The maximum absolute atomic E-state index is 3.69. The maximum atomic E-state index is 3.69. The molecule has 1 aliphatic heterocycles. The first-order valence-electron chi connectivity index (χ1n) is 6.74. The van der Waals surface area contributed by atoms with Crippen LogP contribution in [-0.2, 0) is 6.54 Å². The van der Waals surface area contributed by atoms with Crippen molar-refractivity contribution in [2.75, 3.05) is 20.1 Å². The van der Waals surface area contributed by atoms with E-state index in [4.69, 9.17) is 0 Å². The third-order valence-corrected chi connectivity index (χ3v) is 5.06. The minimum Gasteiger partial charge on any atom is -0.310 e. The molecule has 1 N–H and O–H groups in total. The molecule has 0 aromatic heterocycles. The fourth-order valence-corrected chi connectivity index (χ4v) is 2.84. The molecule has 0 aliphatic carbocycles. The monoisotopic (exact) mass is 310 g/mol. The number of halogens is 1. The van der Waals surface area contributed by atoms with Gasteiger partial charge in [0.2, 0.25) is 0 Å². The smallest absolute Gasteiger partial charge is 0.0233 e. The Morgan fingerprint density at radius 1 is 1.22 bits per heavy atom. The highest BCUT2D eigenvalue weighted by Crippen LogP contribution is 2.22. The Hall–Kier alpha value is -0.380. The van der Waals surface area contributed by atoms with E-state index in [1.165, 1.54) is 47.1 Å². The van der Waals surface area contributed by atoms with Crippen LogP contribution in [0, 0.1) is 13.8 Å². The van der Waals surface area contributed by atoms with Gasteiger partial charge in [0, 0.05) is 17.1 Å². The van der Waals surface area contributed by atoms with Crippen LogP contribution < -0.4 is 5.32 Å². The molecule has 18 heavy (non-hydrogen) atoms. The highest BCUT2D eigenvalue weighted by molar-refractivity contribution is 9.10. The number of hydrogen-bond acceptors (Lipinski definition) is 2. The third kappa shape index (κ3) is 3.56. The van der Waals surface area contributed by atoms with E-state index < -0.39 is 0 Å². The van der Waals surface area contributed by atoms with E-state index in [1.807, 2.05) is 0 Å². The van der Waals surface area contributed by atoms with Crippen LogP contribution in [0.5, 0.6) is 0 Å². The molecule has 3 heteroatoms. The van der Waals surface area contributed by atoms with Crippen LogP contribution in [0.15, 0.2) is 16.6 Å². The second kappa shape index (κ2) is 6.18. The highest BCUT2D eigenvalue weighted by Gasteiger charge is 2.15. The van der Waals surface area contributed by atoms with Gasteiger partial charge in [-0.25, -0.2) is 0 Å². The zero-order valence-corrected chi connectivity index (χ0v) is 13.2. The molecule has 100 valence electrons. The minimum atomic E-state index is 0.686. The molecule has 1 aromatic rings. The fourth-order valence-electron chi connectivity index (χ4n) is 2.61. The van der Waals surface area contributed by atoms with E-state index in [0.717, 1.165) is 6.54 Å². The van der Waals surface area contributed by atoms with Crippen LogP contribution in [0.25, 0.3) is 0 Å². The Morgan fingerprint density at radius 2 is 1.78 bits per heavy atom. The van der Waals surface area contributed by atoms with E-state index in [9.17, 15) is 0 Å². The standard InChI is InChI=1S/C15H23BrN2/c1-11-8-13(9-12(2)15(11)16)10-17-14-4-6-18(3)7-5-14/h8-9,14,17H,4-7,10H2,1-3H3. The molecule has 0 unspecified atom stereocenters. The molecule has 1 aromatic carbocycles. The largest absolute Gasteiger partial charge is 0.310 e. The molecule has 0 amide bonds. The number of hydrogen-bond donors (Lipinski definition) is 1.